The molecule has 0 aliphatic rings. The molecular weight excluding hydrogens is 230 g/mol. The van der Waals surface area contributed by atoms with Gasteiger partial charge in [-0.15, -0.1) is 0 Å². The second-order valence-corrected chi connectivity index (χ2v) is 4.61. The average Bonchev–Trinajstić information content (AvgIpc) is 2.34. The maximum Gasteiger partial charge on any atom is 0.269 e. The zero-order valence-electron chi connectivity index (χ0n) is 11.1. The average molecular weight is 251 g/mol. The summed E-state index contributed by atoms with van der Waals surface area (Å²) in [6.45, 7) is 2.85. The van der Waals surface area contributed by atoms with Gasteiger partial charge in [-0.3, -0.25) is 10.1 Å². The molecule has 1 rings (SSSR count). The molecular formula is C13H21N3O2. The Morgan fingerprint density at radius 3 is 2.44 bits per heavy atom. The minimum absolute atomic E-state index is 0.143. The van der Waals surface area contributed by atoms with Gasteiger partial charge in [-0.05, 0) is 45.6 Å². The number of nitro groups is 1. The molecule has 0 radical (unpaired) electrons. The summed E-state index contributed by atoms with van der Waals surface area (Å²) in [4.78, 5) is 12.3. The maximum absolute atomic E-state index is 10.5. The molecule has 0 spiro atoms. The Labute approximate surface area is 108 Å². The maximum atomic E-state index is 10.5. The standard InChI is InChI=1S/C13H21N3O2/c1-15(2)10-4-3-9-14-11-12-5-7-13(8-6-12)16(17)18/h5-8,14H,3-4,9-11H2,1-2H3. The lowest BCUT2D eigenvalue weighted by Gasteiger charge is -2.09. The summed E-state index contributed by atoms with van der Waals surface area (Å²) in [6, 6.07) is 6.68. The second kappa shape index (κ2) is 7.79. The molecule has 0 amide bonds. The molecule has 0 saturated heterocycles. The highest BCUT2D eigenvalue weighted by atomic mass is 16.6. The predicted molar refractivity (Wildman–Crippen MR) is 72.6 cm³/mol. The van der Waals surface area contributed by atoms with E-state index in [9.17, 15) is 10.1 Å². The van der Waals surface area contributed by atoms with Gasteiger partial charge in [0.1, 0.15) is 0 Å². The van der Waals surface area contributed by atoms with Gasteiger partial charge < -0.3 is 10.2 Å². The predicted octanol–water partition coefficient (Wildman–Crippen LogP) is 2.03. The van der Waals surface area contributed by atoms with Crippen LogP contribution in [-0.2, 0) is 6.54 Å². The molecule has 100 valence electrons. The monoisotopic (exact) mass is 251 g/mol. The van der Waals surface area contributed by atoms with E-state index in [4.69, 9.17) is 0 Å². The van der Waals surface area contributed by atoms with Crippen molar-refractivity contribution in [2.24, 2.45) is 0 Å². The van der Waals surface area contributed by atoms with Gasteiger partial charge in [-0.2, -0.15) is 0 Å². The topological polar surface area (TPSA) is 58.4 Å². The number of hydrogen-bond donors (Lipinski definition) is 1. The minimum atomic E-state index is -0.377. The first-order valence-electron chi connectivity index (χ1n) is 6.18. The molecule has 0 aromatic heterocycles. The van der Waals surface area contributed by atoms with Crippen molar-refractivity contribution >= 4 is 5.69 Å². The molecule has 5 nitrogen and oxygen atoms in total. The highest BCUT2D eigenvalue weighted by Crippen LogP contribution is 2.11. The molecule has 0 bridgehead atoms. The lowest BCUT2D eigenvalue weighted by molar-refractivity contribution is -0.384. The lowest BCUT2D eigenvalue weighted by atomic mass is 10.2. The summed E-state index contributed by atoms with van der Waals surface area (Å²) >= 11 is 0. The van der Waals surface area contributed by atoms with Crippen LogP contribution in [0.5, 0.6) is 0 Å². The summed E-state index contributed by atoms with van der Waals surface area (Å²) in [6.07, 6.45) is 2.32. The Kier molecular flexibility index (Phi) is 6.32. The van der Waals surface area contributed by atoms with Crippen molar-refractivity contribution in [2.75, 3.05) is 27.2 Å². The van der Waals surface area contributed by atoms with E-state index in [2.05, 4.69) is 24.3 Å². The number of benzene rings is 1. The summed E-state index contributed by atoms with van der Waals surface area (Å²) in [5.74, 6) is 0. The Balaban J connectivity index is 2.17. The molecule has 0 aliphatic carbocycles. The zero-order chi connectivity index (χ0) is 13.4. The van der Waals surface area contributed by atoms with Gasteiger partial charge in [-0.1, -0.05) is 12.1 Å². The van der Waals surface area contributed by atoms with Crippen LogP contribution in [-0.4, -0.2) is 37.0 Å². The van der Waals surface area contributed by atoms with Gasteiger partial charge in [0.2, 0.25) is 0 Å². The molecule has 0 heterocycles. The highest BCUT2D eigenvalue weighted by molar-refractivity contribution is 5.32. The summed E-state index contributed by atoms with van der Waals surface area (Å²) in [5.41, 5.74) is 1.22. The van der Waals surface area contributed by atoms with Crippen molar-refractivity contribution in [3.8, 4) is 0 Å². The number of non-ortho nitro benzene ring substituents is 1. The fourth-order valence-electron chi connectivity index (χ4n) is 1.65. The second-order valence-electron chi connectivity index (χ2n) is 4.61. The molecule has 18 heavy (non-hydrogen) atoms. The van der Waals surface area contributed by atoms with E-state index in [-0.39, 0.29) is 10.6 Å². The number of rotatable bonds is 8. The van der Waals surface area contributed by atoms with Crippen LogP contribution in [0.15, 0.2) is 24.3 Å². The van der Waals surface area contributed by atoms with E-state index in [1.165, 1.54) is 6.42 Å². The fraction of sp³-hybridized carbons (Fsp3) is 0.538. The van der Waals surface area contributed by atoms with Crippen LogP contribution in [0.3, 0.4) is 0 Å². The van der Waals surface area contributed by atoms with Crippen LogP contribution < -0.4 is 5.32 Å². The van der Waals surface area contributed by atoms with Gasteiger partial charge in [0.05, 0.1) is 4.92 Å². The molecule has 1 aromatic rings. The highest BCUT2D eigenvalue weighted by Gasteiger charge is 2.03. The minimum Gasteiger partial charge on any atom is -0.313 e. The Bertz CT molecular complexity index is 363. The van der Waals surface area contributed by atoms with Gasteiger partial charge in [0, 0.05) is 18.7 Å². The number of nitro benzene ring substituents is 1. The third kappa shape index (κ3) is 5.75. The molecule has 5 heteroatoms. The quantitative estimate of drug-likeness (QED) is 0.436. The first-order chi connectivity index (χ1) is 8.59. The lowest BCUT2D eigenvalue weighted by Crippen LogP contribution is -2.18. The number of nitrogens with one attached hydrogen (secondary N) is 1. The zero-order valence-corrected chi connectivity index (χ0v) is 11.1. The smallest absolute Gasteiger partial charge is 0.269 e. The van der Waals surface area contributed by atoms with Crippen LogP contribution in [0.25, 0.3) is 0 Å². The fourth-order valence-corrected chi connectivity index (χ4v) is 1.65. The van der Waals surface area contributed by atoms with E-state index < -0.39 is 0 Å². The number of hydrogen-bond acceptors (Lipinski definition) is 4. The van der Waals surface area contributed by atoms with Crippen molar-refractivity contribution in [3.63, 3.8) is 0 Å². The summed E-state index contributed by atoms with van der Waals surface area (Å²) in [7, 11) is 4.15. The van der Waals surface area contributed by atoms with Gasteiger partial charge in [0.25, 0.3) is 5.69 Å². The van der Waals surface area contributed by atoms with Crippen LogP contribution in [0.4, 0.5) is 5.69 Å². The van der Waals surface area contributed by atoms with Crippen molar-refractivity contribution in [3.05, 3.63) is 39.9 Å². The largest absolute Gasteiger partial charge is 0.313 e. The van der Waals surface area contributed by atoms with Gasteiger partial charge >= 0.3 is 0 Å². The Hall–Kier alpha value is -1.46. The number of unbranched alkanes of at least 4 members (excludes halogenated alkanes) is 1. The molecule has 0 fully saturated rings. The van der Waals surface area contributed by atoms with E-state index in [0.717, 1.165) is 31.6 Å². The molecule has 0 unspecified atom stereocenters. The molecule has 0 saturated carbocycles. The van der Waals surface area contributed by atoms with E-state index in [0.29, 0.717) is 0 Å². The van der Waals surface area contributed by atoms with Crippen LogP contribution >= 0.6 is 0 Å². The van der Waals surface area contributed by atoms with E-state index in [1.807, 2.05) is 0 Å². The van der Waals surface area contributed by atoms with E-state index >= 15 is 0 Å². The van der Waals surface area contributed by atoms with Crippen molar-refractivity contribution in [1.82, 2.24) is 10.2 Å². The molecule has 1 N–H and O–H groups in total. The molecule has 0 atom stereocenters. The van der Waals surface area contributed by atoms with E-state index in [1.54, 1.807) is 24.3 Å². The normalized spacial score (nSPS) is 10.8. The summed E-state index contributed by atoms with van der Waals surface area (Å²) in [5, 5.41) is 13.8. The Morgan fingerprint density at radius 2 is 1.89 bits per heavy atom. The third-order valence-electron chi connectivity index (χ3n) is 2.69. The molecule has 0 aliphatic heterocycles. The number of nitrogens with zero attached hydrogens (tertiary/aromatic N) is 2. The SMILES string of the molecule is CN(C)CCCCNCc1ccc([N+](=O)[O-])cc1. The summed E-state index contributed by atoms with van der Waals surface area (Å²) < 4.78 is 0. The Morgan fingerprint density at radius 1 is 1.22 bits per heavy atom. The van der Waals surface area contributed by atoms with Crippen molar-refractivity contribution in [1.29, 1.82) is 0 Å². The first kappa shape index (κ1) is 14.6. The first-order valence-corrected chi connectivity index (χ1v) is 6.18. The molecule has 1 aromatic carbocycles. The van der Waals surface area contributed by atoms with Gasteiger partial charge in [0.15, 0.2) is 0 Å². The van der Waals surface area contributed by atoms with Crippen molar-refractivity contribution < 1.29 is 4.92 Å². The van der Waals surface area contributed by atoms with Crippen molar-refractivity contribution in [2.45, 2.75) is 19.4 Å². The van der Waals surface area contributed by atoms with Crippen LogP contribution in [0.2, 0.25) is 0 Å². The third-order valence-corrected chi connectivity index (χ3v) is 2.69. The van der Waals surface area contributed by atoms with Gasteiger partial charge in [-0.25, -0.2) is 0 Å². The van der Waals surface area contributed by atoms with Crippen LogP contribution in [0.1, 0.15) is 18.4 Å². The van der Waals surface area contributed by atoms with Crippen LogP contribution in [0, 0.1) is 10.1 Å².